The lowest BCUT2D eigenvalue weighted by molar-refractivity contribution is -0.136. The van der Waals surface area contributed by atoms with Gasteiger partial charge < -0.3 is 4.90 Å². The molecule has 0 bridgehead atoms. The topological polar surface area (TPSA) is 23.6 Å². The molecule has 3 aliphatic rings. The van der Waals surface area contributed by atoms with E-state index in [1.807, 2.05) is 12.1 Å². The van der Waals surface area contributed by atoms with E-state index in [2.05, 4.69) is 15.9 Å². The fraction of sp³-hybridized carbons (Fsp3) is 0.650. The van der Waals surface area contributed by atoms with Gasteiger partial charge in [-0.05, 0) is 55.5 Å². The first-order chi connectivity index (χ1) is 11.7. The molecule has 4 heteroatoms. The van der Waals surface area contributed by atoms with Crippen molar-refractivity contribution in [1.29, 1.82) is 0 Å². The second-order valence-electron chi connectivity index (χ2n) is 7.70. The Hall–Kier alpha value is -1.06. The third-order valence-electron chi connectivity index (χ3n) is 6.15. The van der Waals surface area contributed by atoms with Gasteiger partial charge in [0.25, 0.3) is 0 Å². The summed E-state index contributed by atoms with van der Waals surface area (Å²) in [7, 11) is 0. The summed E-state index contributed by atoms with van der Waals surface area (Å²) in [5.74, 6) is 0.562. The van der Waals surface area contributed by atoms with Crippen molar-refractivity contribution in [2.24, 2.45) is 5.92 Å². The van der Waals surface area contributed by atoms with E-state index in [4.69, 9.17) is 11.6 Å². The molecule has 1 aromatic carbocycles. The molecule has 1 aliphatic carbocycles. The molecule has 0 N–H and O–H groups in total. The lowest BCUT2D eigenvalue weighted by atomic mass is 9.94. The van der Waals surface area contributed by atoms with E-state index in [0.717, 1.165) is 50.1 Å². The molecule has 4 rings (SSSR count). The fourth-order valence-corrected chi connectivity index (χ4v) is 4.93. The Morgan fingerprint density at radius 1 is 1.04 bits per heavy atom. The molecule has 130 valence electrons. The summed E-state index contributed by atoms with van der Waals surface area (Å²) in [5.41, 5.74) is 2.57. The molecule has 0 aromatic heterocycles. The van der Waals surface area contributed by atoms with Crippen LogP contribution in [0.15, 0.2) is 18.2 Å². The standard InChI is InChI=1S/C20H27ClN2O/c21-18-7-6-15-8-11-23(14-17(15)12-18)20(24)16-9-10-22(13-16)19-4-2-1-3-5-19/h6-7,12,16,19H,1-5,8-11,13-14H2/t16-/m0/s1. The Morgan fingerprint density at radius 3 is 2.71 bits per heavy atom. The highest BCUT2D eigenvalue weighted by molar-refractivity contribution is 6.30. The van der Waals surface area contributed by atoms with E-state index in [1.165, 1.54) is 43.2 Å². The number of hydrogen-bond acceptors (Lipinski definition) is 2. The van der Waals surface area contributed by atoms with Gasteiger partial charge in [-0.2, -0.15) is 0 Å². The van der Waals surface area contributed by atoms with Crippen molar-refractivity contribution in [1.82, 2.24) is 9.80 Å². The molecule has 0 radical (unpaired) electrons. The summed E-state index contributed by atoms with van der Waals surface area (Å²) in [5, 5.41) is 0.771. The minimum absolute atomic E-state index is 0.202. The normalized spacial score (nSPS) is 25.7. The molecule has 1 atom stereocenters. The van der Waals surface area contributed by atoms with Gasteiger partial charge in [0.15, 0.2) is 0 Å². The smallest absolute Gasteiger partial charge is 0.227 e. The maximum atomic E-state index is 13.0. The van der Waals surface area contributed by atoms with Gasteiger partial charge in [0.2, 0.25) is 5.91 Å². The summed E-state index contributed by atoms with van der Waals surface area (Å²) < 4.78 is 0. The van der Waals surface area contributed by atoms with Crippen LogP contribution in [0.1, 0.15) is 49.7 Å². The van der Waals surface area contributed by atoms with Gasteiger partial charge in [0.05, 0.1) is 5.92 Å². The van der Waals surface area contributed by atoms with Crippen molar-refractivity contribution >= 4 is 17.5 Å². The summed E-state index contributed by atoms with van der Waals surface area (Å²) in [6, 6.07) is 6.83. The van der Waals surface area contributed by atoms with Crippen molar-refractivity contribution in [2.45, 2.75) is 57.5 Å². The van der Waals surface area contributed by atoms with Gasteiger partial charge in [-0.15, -0.1) is 0 Å². The number of fused-ring (bicyclic) bond motifs is 1. The van der Waals surface area contributed by atoms with E-state index < -0.39 is 0 Å². The quantitative estimate of drug-likeness (QED) is 0.811. The molecule has 0 spiro atoms. The first kappa shape index (κ1) is 16.4. The number of rotatable bonds is 2. The average molecular weight is 347 g/mol. The number of amides is 1. The van der Waals surface area contributed by atoms with Gasteiger partial charge in [-0.1, -0.05) is 36.9 Å². The zero-order valence-corrected chi connectivity index (χ0v) is 15.1. The molecular formula is C20H27ClN2O. The molecule has 2 aliphatic heterocycles. The highest BCUT2D eigenvalue weighted by Crippen LogP contribution is 2.30. The minimum atomic E-state index is 0.202. The summed E-state index contributed by atoms with van der Waals surface area (Å²) in [6.45, 7) is 3.67. The van der Waals surface area contributed by atoms with Gasteiger partial charge in [-0.25, -0.2) is 0 Å². The van der Waals surface area contributed by atoms with Crippen LogP contribution < -0.4 is 0 Å². The number of halogens is 1. The Labute approximate surface area is 150 Å². The van der Waals surface area contributed by atoms with Crippen LogP contribution in [0.2, 0.25) is 5.02 Å². The third-order valence-corrected chi connectivity index (χ3v) is 6.39. The zero-order valence-electron chi connectivity index (χ0n) is 14.3. The highest BCUT2D eigenvalue weighted by Gasteiger charge is 2.35. The van der Waals surface area contributed by atoms with Crippen LogP contribution in [-0.2, 0) is 17.8 Å². The Balaban J connectivity index is 1.38. The van der Waals surface area contributed by atoms with Gasteiger partial charge in [0.1, 0.15) is 0 Å². The lowest BCUT2D eigenvalue weighted by Crippen LogP contribution is -2.41. The van der Waals surface area contributed by atoms with Gasteiger partial charge in [-0.3, -0.25) is 9.69 Å². The van der Waals surface area contributed by atoms with E-state index in [1.54, 1.807) is 0 Å². The van der Waals surface area contributed by atoms with Crippen molar-refractivity contribution in [3.8, 4) is 0 Å². The monoisotopic (exact) mass is 346 g/mol. The van der Waals surface area contributed by atoms with Crippen LogP contribution in [0, 0.1) is 5.92 Å². The number of likely N-dealkylation sites (tertiary alicyclic amines) is 1. The molecule has 1 amide bonds. The predicted octanol–water partition coefficient (Wildman–Crippen LogP) is 3.88. The lowest BCUT2D eigenvalue weighted by Gasteiger charge is -2.33. The van der Waals surface area contributed by atoms with Crippen LogP contribution in [0.3, 0.4) is 0 Å². The van der Waals surface area contributed by atoms with Crippen molar-refractivity contribution in [3.63, 3.8) is 0 Å². The molecule has 3 nitrogen and oxygen atoms in total. The first-order valence-corrected chi connectivity index (χ1v) is 9.88. The number of carbonyl (C=O) groups excluding carboxylic acids is 1. The van der Waals surface area contributed by atoms with E-state index in [9.17, 15) is 4.79 Å². The second-order valence-corrected chi connectivity index (χ2v) is 8.13. The van der Waals surface area contributed by atoms with Gasteiger partial charge >= 0.3 is 0 Å². The Morgan fingerprint density at radius 2 is 1.88 bits per heavy atom. The number of benzene rings is 1. The molecule has 1 aromatic rings. The maximum absolute atomic E-state index is 13.0. The zero-order chi connectivity index (χ0) is 16.5. The van der Waals surface area contributed by atoms with Gasteiger partial charge in [0, 0.05) is 30.7 Å². The molecule has 2 fully saturated rings. The predicted molar refractivity (Wildman–Crippen MR) is 97.1 cm³/mol. The van der Waals surface area contributed by atoms with Crippen LogP contribution in [0.25, 0.3) is 0 Å². The van der Waals surface area contributed by atoms with E-state index in [0.29, 0.717) is 5.91 Å². The minimum Gasteiger partial charge on any atom is -0.338 e. The Bertz CT molecular complexity index is 612. The summed E-state index contributed by atoms with van der Waals surface area (Å²) >= 11 is 6.13. The second kappa shape index (κ2) is 7.05. The molecule has 1 saturated heterocycles. The SMILES string of the molecule is O=C([C@H]1CCN(C2CCCCC2)C1)N1CCc2ccc(Cl)cc2C1. The summed E-state index contributed by atoms with van der Waals surface area (Å²) in [6.07, 6.45) is 8.77. The number of carbonyl (C=O) groups is 1. The van der Waals surface area contributed by atoms with Crippen molar-refractivity contribution in [2.75, 3.05) is 19.6 Å². The van der Waals surface area contributed by atoms with E-state index in [-0.39, 0.29) is 5.92 Å². The van der Waals surface area contributed by atoms with Crippen LogP contribution in [-0.4, -0.2) is 41.4 Å². The van der Waals surface area contributed by atoms with Crippen LogP contribution in [0.4, 0.5) is 0 Å². The third kappa shape index (κ3) is 3.34. The highest BCUT2D eigenvalue weighted by atomic mass is 35.5. The largest absolute Gasteiger partial charge is 0.338 e. The fourth-order valence-electron chi connectivity index (χ4n) is 4.74. The maximum Gasteiger partial charge on any atom is 0.227 e. The molecule has 0 unspecified atom stereocenters. The van der Waals surface area contributed by atoms with Crippen LogP contribution >= 0.6 is 11.6 Å². The molecule has 1 saturated carbocycles. The number of nitrogens with zero attached hydrogens (tertiary/aromatic N) is 2. The van der Waals surface area contributed by atoms with Crippen molar-refractivity contribution in [3.05, 3.63) is 34.3 Å². The Kier molecular flexibility index (Phi) is 4.82. The average Bonchev–Trinajstić information content (AvgIpc) is 3.11. The molecular weight excluding hydrogens is 320 g/mol. The van der Waals surface area contributed by atoms with E-state index >= 15 is 0 Å². The molecule has 24 heavy (non-hydrogen) atoms. The molecule has 2 heterocycles. The summed E-state index contributed by atoms with van der Waals surface area (Å²) in [4.78, 5) is 17.6. The number of hydrogen-bond donors (Lipinski definition) is 0. The first-order valence-electron chi connectivity index (χ1n) is 9.51. The van der Waals surface area contributed by atoms with Crippen molar-refractivity contribution < 1.29 is 4.79 Å². The van der Waals surface area contributed by atoms with Crippen LogP contribution in [0.5, 0.6) is 0 Å².